The minimum absolute atomic E-state index is 0.0981. The number of Topliss-reactive ketones (excluding diaryl/α,β-unsaturated/α-hetero) is 1. The third-order valence-corrected chi connectivity index (χ3v) is 4.27. The summed E-state index contributed by atoms with van der Waals surface area (Å²) in [6.45, 7) is 16.6. The normalized spacial score (nSPS) is 20.8. The Morgan fingerprint density at radius 3 is 1.67 bits per heavy atom. The quantitative estimate of drug-likeness (QED) is 0.737. The van der Waals surface area contributed by atoms with E-state index >= 15 is 0 Å². The van der Waals surface area contributed by atoms with E-state index in [-0.39, 0.29) is 35.7 Å². The SMILES string of the molecule is CC(C)OC1C(S)=C(C(C)C)C(=O)C(C(C)C)=C1C(C)C. The zero-order chi connectivity index (χ0) is 16.5. The molecule has 1 atom stereocenters. The second-order valence-corrected chi connectivity index (χ2v) is 7.51. The van der Waals surface area contributed by atoms with Crippen LogP contribution in [0.1, 0.15) is 55.4 Å². The first-order chi connectivity index (χ1) is 9.59. The first kappa shape index (κ1) is 18.5. The van der Waals surface area contributed by atoms with Gasteiger partial charge in [0.1, 0.15) is 6.10 Å². The van der Waals surface area contributed by atoms with Crippen molar-refractivity contribution in [1.82, 2.24) is 0 Å². The molecular weight excluding hydrogens is 280 g/mol. The van der Waals surface area contributed by atoms with Crippen molar-refractivity contribution in [2.24, 2.45) is 17.8 Å². The molecule has 0 N–H and O–H groups in total. The highest BCUT2D eigenvalue weighted by atomic mass is 32.1. The van der Waals surface area contributed by atoms with Crippen LogP contribution in [0.2, 0.25) is 0 Å². The Kier molecular flexibility index (Phi) is 6.30. The summed E-state index contributed by atoms with van der Waals surface area (Å²) in [7, 11) is 0. The van der Waals surface area contributed by atoms with Crippen LogP contribution in [-0.4, -0.2) is 18.0 Å². The van der Waals surface area contributed by atoms with Crippen molar-refractivity contribution in [2.75, 3.05) is 0 Å². The van der Waals surface area contributed by atoms with Gasteiger partial charge in [-0.2, -0.15) is 0 Å². The second-order valence-electron chi connectivity index (χ2n) is 7.03. The van der Waals surface area contributed by atoms with Gasteiger partial charge in [-0.1, -0.05) is 41.5 Å². The molecule has 3 heteroatoms. The van der Waals surface area contributed by atoms with Gasteiger partial charge in [0.2, 0.25) is 0 Å². The molecule has 0 bridgehead atoms. The van der Waals surface area contributed by atoms with Crippen molar-refractivity contribution in [3.63, 3.8) is 0 Å². The van der Waals surface area contributed by atoms with Crippen LogP contribution in [0, 0.1) is 17.8 Å². The Hall–Kier alpha value is -0.540. The Morgan fingerprint density at radius 1 is 0.857 bits per heavy atom. The van der Waals surface area contributed by atoms with Crippen LogP contribution >= 0.6 is 12.6 Å². The van der Waals surface area contributed by atoms with Gasteiger partial charge in [0.15, 0.2) is 5.78 Å². The lowest BCUT2D eigenvalue weighted by Crippen LogP contribution is -2.34. The number of hydrogen-bond acceptors (Lipinski definition) is 3. The topological polar surface area (TPSA) is 26.3 Å². The lowest BCUT2D eigenvalue weighted by atomic mass is 9.76. The molecule has 0 spiro atoms. The van der Waals surface area contributed by atoms with Crippen molar-refractivity contribution < 1.29 is 9.53 Å². The first-order valence-corrected chi connectivity index (χ1v) is 8.41. The minimum Gasteiger partial charge on any atom is -0.366 e. The minimum atomic E-state index is -0.180. The van der Waals surface area contributed by atoms with E-state index in [1.807, 2.05) is 27.7 Å². The number of ether oxygens (including phenoxy) is 1. The molecule has 120 valence electrons. The Bertz CT molecular complexity index is 468. The maximum absolute atomic E-state index is 12.9. The maximum atomic E-state index is 12.9. The number of thiol groups is 1. The van der Waals surface area contributed by atoms with Crippen molar-refractivity contribution in [1.29, 1.82) is 0 Å². The fourth-order valence-electron chi connectivity index (χ4n) is 3.00. The van der Waals surface area contributed by atoms with E-state index in [2.05, 4.69) is 40.3 Å². The molecule has 0 saturated heterocycles. The number of ketones is 1. The number of carbonyl (C=O) groups is 1. The molecule has 1 unspecified atom stereocenters. The summed E-state index contributed by atoms with van der Waals surface area (Å²) in [6.07, 6.45) is -0.0817. The molecule has 1 aliphatic carbocycles. The van der Waals surface area contributed by atoms with Crippen LogP contribution in [0.25, 0.3) is 0 Å². The average Bonchev–Trinajstić information content (AvgIpc) is 2.30. The monoisotopic (exact) mass is 310 g/mol. The predicted octanol–water partition coefficient (Wildman–Crippen LogP) is 4.81. The first-order valence-electron chi connectivity index (χ1n) is 7.96. The lowest BCUT2D eigenvalue weighted by molar-refractivity contribution is -0.113. The number of hydrogen-bond donors (Lipinski definition) is 1. The molecule has 0 fully saturated rings. The Labute approximate surface area is 135 Å². The van der Waals surface area contributed by atoms with E-state index in [0.717, 1.165) is 21.6 Å². The van der Waals surface area contributed by atoms with Crippen molar-refractivity contribution in [2.45, 2.75) is 67.6 Å². The summed E-state index contributed by atoms with van der Waals surface area (Å²) >= 11 is 4.69. The fraction of sp³-hybridized carbons (Fsp3) is 0.722. The zero-order valence-electron chi connectivity index (χ0n) is 14.7. The van der Waals surface area contributed by atoms with Crippen molar-refractivity contribution in [3.05, 3.63) is 21.6 Å². The molecule has 0 amide bonds. The van der Waals surface area contributed by atoms with E-state index in [1.54, 1.807) is 0 Å². The smallest absolute Gasteiger partial charge is 0.186 e. The summed E-state index contributed by atoms with van der Waals surface area (Å²) in [4.78, 5) is 13.7. The van der Waals surface area contributed by atoms with E-state index in [9.17, 15) is 4.79 Å². The summed E-state index contributed by atoms with van der Waals surface area (Å²) < 4.78 is 6.14. The highest BCUT2D eigenvalue weighted by molar-refractivity contribution is 7.84. The van der Waals surface area contributed by atoms with E-state index in [4.69, 9.17) is 4.74 Å². The molecule has 0 saturated carbocycles. The largest absolute Gasteiger partial charge is 0.366 e. The summed E-state index contributed by atoms with van der Waals surface area (Å²) in [6, 6.07) is 0. The summed E-state index contributed by atoms with van der Waals surface area (Å²) in [5, 5.41) is 0. The van der Waals surface area contributed by atoms with Crippen LogP contribution in [0.5, 0.6) is 0 Å². The zero-order valence-corrected chi connectivity index (χ0v) is 15.5. The standard InChI is InChI=1S/C18H30O2S/c1-9(2)13-14(10(3)4)17(20-12(7)8)18(21)15(11(5)6)16(13)19/h9-12,17,21H,1-8H3. The molecule has 0 aromatic heterocycles. The molecule has 1 aliphatic rings. The second kappa shape index (κ2) is 7.15. The van der Waals surface area contributed by atoms with Gasteiger partial charge < -0.3 is 4.74 Å². The molecule has 0 aromatic carbocycles. The van der Waals surface area contributed by atoms with Crippen LogP contribution in [0.3, 0.4) is 0 Å². The third kappa shape index (κ3) is 3.81. The molecule has 0 aliphatic heterocycles. The molecule has 0 aromatic rings. The van der Waals surface area contributed by atoms with Gasteiger partial charge in [0.25, 0.3) is 0 Å². The molecule has 0 heterocycles. The number of allylic oxidation sites excluding steroid dienone is 2. The van der Waals surface area contributed by atoms with Crippen LogP contribution in [0.15, 0.2) is 21.6 Å². The number of rotatable bonds is 5. The molecule has 21 heavy (non-hydrogen) atoms. The molecular formula is C18H30O2S. The van der Waals surface area contributed by atoms with Crippen LogP contribution in [0.4, 0.5) is 0 Å². The van der Waals surface area contributed by atoms with E-state index < -0.39 is 0 Å². The summed E-state index contributed by atoms with van der Waals surface area (Å²) in [5.41, 5.74) is 2.85. The van der Waals surface area contributed by atoms with Crippen LogP contribution in [-0.2, 0) is 9.53 Å². The van der Waals surface area contributed by atoms with Gasteiger partial charge in [-0.25, -0.2) is 0 Å². The Morgan fingerprint density at radius 2 is 1.33 bits per heavy atom. The molecule has 0 radical (unpaired) electrons. The van der Waals surface area contributed by atoms with Crippen molar-refractivity contribution in [3.8, 4) is 0 Å². The fourth-order valence-corrected chi connectivity index (χ4v) is 3.56. The predicted molar refractivity (Wildman–Crippen MR) is 92.6 cm³/mol. The summed E-state index contributed by atoms with van der Waals surface area (Å²) in [5.74, 6) is 0.789. The van der Waals surface area contributed by atoms with Gasteiger partial charge in [0, 0.05) is 16.1 Å². The highest BCUT2D eigenvalue weighted by Crippen LogP contribution is 2.41. The van der Waals surface area contributed by atoms with E-state index in [0.29, 0.717) is 0 Å². The van der Waals surface area contributed by atoms with Gasteiger partial charge in [0.05, 0.1) is 6.10 Å². The van der Waals surface area contributed by atoms with Gasteiger partial charge in [-0.05, 0) is 37.2 Å². The number of carbonyl (C=O) groups excluding carboxylic acids is 1. The maximum Gasteiger partial charge on any atom is 0.186 e. The van der Waals surface area contributed by atoms with Gasteiger partial charge >= 0.3 is 0 Å². The van der Waals surface area contributed by atoms with Gasteiger partial charge in [-0.3, -0.25) is 4.79 Å². The average molecular weight is 311 g/mol. The third-order valence-electron chi connectivity index (χ3n) is 3.79. The lowest BCUT2D eigenvalue weighted by Gasteiger charge is -2.36. The van der Waals surface area contributed by atoms with Gasteiger partial charge in [-0.15, -0.1) is 12.6 Å². The van der Waals surface area contributed by atoms with Crippen LogP contribution < -0.4 is 0 Å². The molecule has 2 nitrogen and oxygen atoms in total. The van der Waals surface area contributed by atoms with E-state index in [1.165, 1.54) is 0 Å². The molecule has 1 rings (SSSR count). The highest BCUT2D eigenvalue weighted by Gasteiger charge is 2.38. The Balaban J connectivity index is 3.54. The van der Waals surface area contributed by atoms with Crippen molar-refractivity contribution >= 4 is 18.4 Å².